The lowest BCUT2D eigenvalue weighted by Crippen LogP contribution is -2.07. The van der Waals surface area contributed by atoms with Crippen molar-refractivity contribution in [2.75, 3.05) is 7.11 Å². The number of carbonyl (C=O) groups is 2. The van der Waals surface area contributed by atoms with Crippen LogP contribution in [0.25, 0.3) is 11.1 Å². The van der Waals surface area contributed by atoms with Crippen molar-refractivity contribution in [1.29, 1.82) is 0 Å². The molecule has 2 N–H and O–H groups in total. The molecule has 0 fully saturated rings. The predicted molar refractivity (Wildman–Crippen MR) is 81.5 cm³/mol. The minimum absolute atomic E-state index is 0.310. The fourth-order valence-electron chi connectivity index (χ4n) is 1.70. The van der Waals surface area contributed by atoms with E-state index in [9.17, 15) is 9.59 Å². The summed E-state index contributed by atoms with van der Waals surface area (Å²) in [5, 5.41) is 17.9. The van der Waals surface area contributed by atoms with Gasteiger partial charge in [-0.25, -0.2) is 14.6 Å². The molecule has 0 radical (unpaired) electrons. The highest BCUT2D eigenvalue weighted by molar-refractivity contribution is 5.92. The van der Waals surface area contributed by atoms with Crippen molar-refractivity contribution in [2.45, 2.75) is 13.8 Å². The van der Waals surface area contributed by atoms with Crippen LogP contribution in [0, 0.1) is 0 Å². The molecule has 1 aromatic heterocycles. The molecule has 0 bridgehead atoms. The van der Waals surface area contributed by atoms with Crippen molar-refractivity contribution < 1.29 is 24.5 Å². The van der Waals surface area contributed by atoms with Gasteiger partial charge in [-0.3, -0.25) is 0 Å². The van der Waals surface area contributed by atoms with E-state index in [1.807, 2.05) is 13.8 Å². The third kappa shape index (κ3) is 4.05. The summed E-state index contributed by atoms with van der Waals surface area (Å²) in [6.45, 7) is 4.00. The molecular formula is C16H17NO5. The van der Waals surface area contributed by atoms with Crippen LogP contribution in [-0.2, 0) is 0 Å². The van der Waals surface area contributed by atoms with Crippen molar-refractivity contribution in [3.63, 3.8) is 0 Å². The number of aromatic carboxylic acids is 2. The molecule has 1 aromatic carbocycles. The third-order valence-corrected chi connectivity index (χ3v) is 2.69. The maximum absolute atomic E-state index is 11.0. The van der Waals surface area contributed by atoms with Gasteiger partial charge in [0.05, 0.1) is 7.11 Å². The highest BCUT2D eigenvalue weighted by Crippen LogP contribution is 2.23. The van der Waals surface area contributed by atoms with E-state index in [1.54, 1.807) is 24.3 Å². The summed E-state index contributed by atoms with van der Waals surface area (Å²) < 4.78 is 5.03. The number of hydrogen-bond donors (Lipinski definition) is 2. The average Bonchev–Trinajstić information content (AvgIpc) is 2.56. The highest BCUT2D eigenvalue weighted by Gasteiger charge is 2.14. The first-order chi connectivity index (χ1) is 10.5. The second-order valence-corrected chi connectivity index (χ2v) is 3.97. The molecule has 2 aromatic rings. The zero-order chi connectivity index (χ0) is 16.7. The zero-order valence-corrected chi connectivity index (χ0v) is 12.5. The van der Waals surface area contributed by atoms with E-state index in [-0.39, 0.29) is 11.4 Å². The van der Waals surface area contributed by atoms with Crippen molar-refractivity contribution in [3.05, 3.63) is 47.8 Å². The van der Waals surface area contributed by atoms with Crippen LogP contribution in [0.3, 0.4) is 0 Å². The maximum atomic E-state index is 11.0. The molecule has 22 heavy (non-hydrogen) atoms. The van der Waals surface area contributed by atoms with Gasteiger partial charge in [-0.2, -0.15) is 0 Å². The number of rotatable bonds is 4. The molecule has 1 heterocycles. The monoisotopic (exact) mass is 303 g/mol. The van der Waals surface area contributed by atoms with Crippen LogP contribution in [0.15, 0.2) is 36.4 Å². The lowest BCUT2D eigenvalue weighted by Gasteiger charge is -2.06. The molecule has 0 aliphatic carbocycles. The number of aromatic nitrogens is 1. The molecule has 0 atom stereocenters. The van der Waals surface area contributed by atoms with Crippen LogP contribution < -0.4 is 4.74 Å². The molecule has 116 valence electrons. The molecule has 0 saturated heterocycles. The first-order valence-electron chi connectivity index (χ1n) is 6.64. The van der Waals surface area contributed by atoms with Crippen molar-refractivity contribution >= 4 is 11.9 Å². The Labute approximate surface area is 128 Å². The number of hydrogen-bond acceptors (Lipinski definition) is 4. The van der Waals surface area contributed by atoms with Gasteiger partial charge >= 0.3 is 11.9 Å². The van der Waals surface area contributed by atoms with Gasteiger partial charge in [-0.1, -0.05) is 26.0 Å². The Morgan fingerprint density at radius 1 is 0.909 bits per heavy atom. The van der Waals surface area contributed by atoms with Crippen molar-refractivity contribution in [1.82, 2.24) is 4.98 Å². The fourth-order valence-corrected chi connectivity index (χ4v) is 1.70. The normalized spacial score (nSPS) is 9.41. The van der Waals surface area contributed by atoms with Gasteiger partial charge in [0.15, 0.2) is 0 Å². The Morgan fingerprint density at radius 3 is 1.73 bits per heavy atom. The third-order valence-electron chi connectivity index (χ3n) is 2.69. The molecule has 6 heteroatoms. The topological polar surface area (TPSA) is 96.7 Å². The lowest BCUT2D eigenvalue weighted by atomic mass is 10.0. The smallest absolute Gasteiger partial charge is 0.354 e. The van der Waals surface area contributed by atoms with Gasteiger partial charge in [0.2, 0.25) is 0 Å². The largest absolute Gasteiger partial charge is 0.497 e. The maximum Gasteiger partial charge on any atom is 0.354 e. The second-order valence-electron chi connectivity index (χ2n) is 3.97. The number of carboxylic acids is 2. The van der Waals surface area contributed by atoms with E-state index in [4.69, 9.17) is 14.9 Å². The summed E-state index contributed by atoms with van der Waals surface area (Å²) in [6, 6.07) is 9.50. The number of carboxylic acid groups (broad SMARTS) is 2. The fraction of sp³-hybridized carbons (Fsp3) is 0.188. The minimum atomic E-state index is -1.28. The van der Waals surface area contributed by atoms with Crippen molar-refractivity contribution in [3.8, 4) is 16.9 Å². The number of benzene rings is 1. The molecule has 0 aliphatic heterocycles. The Hall–Kier alpha value is -2.89. The quantitative estimate of drug-likeness (QED) is 0.900. The Kier molecular flexibility index (Phi) is 6.07. The van der Waals surface area contributed by atoms with E-state index in [0.29, 0.717) is 16.9 Å². The summed E-state index contributed by atoms with van der Waals surface area (Å²) in [5.74, 6) is -1.90. The van der Waals surface area contributed by atoms with Crippen LogP contribution in [0.1, 0.15) is 34.8 Å². The first kappa shape index (κ1) is 17.2. The van der Waals surface area contributed by atoms with Crippen LogP contribution in [0.2, 0.25) is 0 Å². The highest BCUT2D eigenvalue weighted by atomic mass is 16.5. The Bertz CT molecular complexity index is 632. The van der Waals surface area contributed by atoms with E-state index in [1.165, 1.54) is 19.2 Å². The lowest BCUT2D eigenvalue weighted by molar-refractivity contribution is 0.0685. The van der Waals surface area contributed by atoms with Gasteiger partial charge in [0.25, 0.3) is 0 Å². The number of pyridine rings is 1. The number of methoxy groups -OCH3 is 1. The van der Waals surface area contributed by atoms with E-state index in [2.05, 4.69) is 4.98 Å². The summed E-state index contributed by atoms with van der Waals surface area (Å²) >= 11 is 0. The summed E-state index contributed by atoms with van der Waals surface area (Å²) in [6.07, 6.45) is 0. The average molecular weight is 303 g/mol. The number of ether oxygens (including phenoxy) is 1. The molecule has 2 rings (SSSR count). The summed E-state index contributed by atoms with van der Waals surface area (Å²) in [7, 11) is 1.53. The Morgan fingerprint density at radius 2 is 1.36 bits per heavy atom. The molecule has 0 aliphatic rings. The first-order valence-corrected chi connectivity index (χ1v) is 6.64. The van der Waals surface area contributed by atoms with Crippen molar-refractivity contribution in [2.24, 2.45) is 0 Å². The Balaban J connectivity index is 0.00000116. The SMILES string of the molecule is CC.COc1ccc(-c2cc(C(=O)O)nc(C(=O)O)c2)cc1. The van der Waals surface area contributed by atoms with Crippen LogP contribution in [0.5, 0.6) is 5.75 Å². The van der Waals surface area contributed by atoms with Gasteiger partial charge in [0, 0.05) is 0 Å². The molecule has 0 unspecified atom stereocenters. The molecular weight excluding hydrogens is 286 g/mol. The van der Waals surface area contributed by atoms with Gasteiger partial charge < -0.3 is 14.9 Å². The summed E-state index contributed by atoms with van der Waals surface area (Å²) in [5.41, 5.74) is 0.530. The standard InChI is InChI=1S/C14H11NO5.C2H6/c1-20-10-4-2-8(3-5-10)9-6-11(13(16)17)15-12(7-9)14(18)19;1-2/h2-7H,1H3,(H,16,17)(H,18,19);1-2H3. The van der Waals surface area contributed by atoms with Gasteiger partial charge in [-0.15, -0.1) is 0 Å². The number of nitrogens with zero attached hydrogens (tertiary/aromatic N) is 1. The van der Waals surface area contributed by atoms with Gasteiger partial charge in [0.1, 0.15) is 17.1 Å². The van der Waals surface area contributed by atoms with Crippen LogP contribution in [0.4, 0.5) is 0 Å². The van der Waals surface area contributed by atoms with E-state index in [0.717, 1.165) is 0 Å². The molecule has 0 saturated carbocycles. The molecule has 0 amide bonds. The van der Waals surface area contributed by atoms with Crippen LogP contribution >= 0.6 is 0 Å². The summed E-state index contributed by atoms with van der Waals surface area (Å²) in [4.78, 5) is 25.5. The van der Waals surface area contributed by atoms with Gasteiger partial charge in [-0.05, 0) is 35.4 Å². The predicted octanol–water partition coefficient (Wildman–Crippen LogP) is 3.18. The molecule has 0 spiro atoms. The van der Waals surface area contributed by atoms with E-state index >= 15 is 0 Å². The zero-order valence-electron chi connectivity index (χ0n) is 12.5. The molecule has 6 nitrogen and oxygen atoms in total. The van der Waals surface area contributed by atoms with Crippen LogP contribution in [-0.4, -0.2) is 34.2 Å². The second kappa shape index (κ2) is 7.78. The minimum Gasteiger partial charge on any atom is -0.497 e. The van der Waals surface area contributed by atoms with E-state index < -0.39 is 11.9 Å².